The lowest BCUT2D eigenvalue weighted by Crippen LogP contribution is -2.24. The average Bonchev–Trinajstić information content (AvgIpc) is 2.85. The Labute approximate surface area is 267 Å². The molecule has 0 saturated heterocycles. The van der Waals surface area contributed by atoms with Gasteiger partial charge >= 0.3 is 31.2 Å². The van der Waals surface area contributed by atoms with E-state index in [9.17, 15) is 30.4 Å². The van der Waals surface area contributed by atoms with Gasteiger partial charge in [0.05, 0.1) is 25.9 Å². The van der Waals surface area contributed by atoms with Crippen molar-refractivity contribution in [3.63, 3.8) is 0 Å². The highest BCUT2D eigenvalue weighted by atomic mass is 32.3. The molecular formula is C27H60O14S3. The maximum atomic E-state index is 10.3. The van der Waals surface area contributed by atoms with Crippen LogP contribution in [0.1, 0.15) is 107 Å². The summed E-state index contributed by atoms with van der Waals surface area (Å²) in [6.45, 7) is 15.8. The summed E-state index contributed by atoms with van der Waals surface area (Å²) in [5.74, 6) is 1.37. The van der Waals surface area contributed by atoms with Crippen molar-refractivity contribution in [2.24, 2.45) is 35.5 Å². The molecule has 0 radical (unpaired) electrons. The van der Waals surface area contributed by atoms with Gasteiger partial charge in [-0.3, -0.25) is 13.7 Å². The van der Waals surface area contributed by atoms with Crippen molar-refractivity contribution < 1.29 is 61.7 Å². The Balaban J connectivity index is -0.000000574. The first-order valence-electron chi connectivity index (χ1n) is 15.0. The maximum Gasteiger partial charge on any atom is 0.397 e. The minimum absolute atomic E-state index is 0.0664. The third-order valence-corrected chi connectivity index (χ3v) is 7.56. The topological polar surface area (TPSA) is 231 Å². The minimum atomic E-state index is -4.40. The van der Waals surface area contributed by atoms with Crippen LogP contribution in [0.4, 0.5) is 0 Å². The molecular weight excluding hydrogens is 644 g/mol. The van der Waals surface area contributed by atoms with E-state index < -0.39 is 37.3 Å². The number of hydrogen-bond donors (Lipinski definition) is 5. The van der Waals surface area contributed by atoms with Gasteiger partial charge in [-0.1, -0.05) is 81.1 Å². The third kappa shape index (κ3) is 41.5. The Morgan fingerprint density at radius 2 is 0.909 bits per heavy atom. The molecule has 270 valence electrons. The van der Waals surface area contributed by atoms with Crippen molar-refractivity contribution in [2.45, 2.75) is 113 Å². The molecule has 0 heterocycles. The van der Waals surface area contributed by atoms with Gasteiger partial charge in [-0.2, -0.15) is 25.3 Å². The molecule has 0 rings (SSSR count). The molecule has 4 atom stereocenters. The van der Waals surface area contributed by atoms with E-state index in [1.807, 2.05) is 20.8 Å². The predicted octanol–water partition coefficient (Wildman–Crippen LogP) is 4.75. The molecule has 5 N–H and O–H groups in total. The van der Waals surface area contributed by atoms with Gasteiger partial charge in [-0.25, -0.2) is 12.5 Å². The number of aliphatic hydroxyl groups excluding tert-OH is 2. The molecule has 0 aliphatic rings. The first-order valence-corrected chi connectivity index (χ1v) is 19.1. The van der Waals surface area contributed by atoms with Gasteiger partial charge in [0, 0.05) is 18.4 Å². The Kier molecular flexibility index (Phi) is 27.9. The van der Waals surface area contributed by atoms with Crippen molar-refractivity contribution in [3.8, 4) is 0 Å². The molecule has 0 aromatic carbocycles. The van der Waals surface area contributed by atoms with E-state index >= 15 is 0 Å². The van der Waals surface area contributed by atoms with E-state index in [4.69, 9.17) is 18.8 Å². The molecule has 0 aliphatic heterocycles. The molecule has 14 nitrogen and oxygen atoms in total. The predicted molar refractivity (Wildman–Crippen MR) is 169 cm³/mol. The van der Waals surface area contributed by atoms with Crippen LogP contribution in [-0.2, 0) is 43.7 Å². The molecule has 0 aromatic heterocycles. The largest absolute Gasteiger partial charge is 0.397 e. The maximum absolute atomic E-state index is 10.3. The van der Waals surface area contributed by atoms with Gasteiger partial charge in [0.1, 0.15) is 0 Å². The quantitative estimate of drug-likeness (QED) is 0.0958. The van der Waals surface area contributed by atoms with Gasteiger partial charge < -0.3 is 10.2 Å². The van der Waals surface area contributed by atoms with Crippen LogP contribution < -0.4 is 0 Å². The van der Waals surface area contributed by atoms with Crippen LogP contribution in [0.2, 0.25) is 0 Å². The van der Waals surface area contributed by atoms with Crippen LogP contribution in [0, 0.1) is 35.5 Å². The fourth-order valence-electron chi connectivity index (χ4n) is 3.48. The first-order chi connectivity index (χ1) is 19.9. The molecule has 17 heteroatoms. The highest BCUT2D eigenvalue weighted by molar-refractivity contribution is 7.81. The molecule has 0 spiro atoms. The summed E-state index contributed by atoms with van der Waals surface area (Å²) in [6.07, 6.45) is 6.64. The Bertz CT molecular complexity index is 963. The van der Waals surface area contributed by atoms with E-state index in [1.165, 1.54) is 0 Å². The van der Waals surface area contributed by atoms with Crippen molar-refractivity contribution in [1.82, 2.24) is 0 Å². The second-order valence-corrected chi connectivity index (χ2v) is 15.7. The number of rotatable bonds is 22. The van der Waals surface area contributed by atoms with Crippen LogP contribution in [0.3, 0.4) is 0 Å². The smallest absolute Gasteiger partial charge is 0.396 e. The summed E-state index contributed by atoms with van der Waals surface area (Å²) in [5, 5.41) is 18.5. The van der Waals surface area contributed by atoms with Gasteiger partial charge in [0.2, 0.25) is 0 Å². The zero-order valence-corrected chi connectivity index (χ0v) is 30.1. The Morgan fingerprint density at radius 3 is 1.30 bits per heavy atom. The van der Waals surface area contributed by atoms with E-state index in [0.29, 0.717) is 30.6 Å². The minimum Gasteiger partial charge on any atom is -0.396 e. The number of hydrogen-bond acceptors (Lipinski definition) is 11. The summed E-state index contributed by atoms with van der Waals surface area (Å²) in [7, 11) is -13.0. The SMILES string of the molecule is CC(C)CCC(O)C(C)COS(=O)(=O)O.CC(C)CCCC(C)COS(=O)(=O)O.CC(C)CCCC(CO)COS(=O)(=O)O. The van der Waals surface area contributed by atoms with Crippen LogP contribution in [0.5, 0.6) is 0 Å². The standard InChI is InChI=1S/2C9H20O5S.C9H20O4S/c1-7(2)4-5-9(10)8(3)6-14-15(11,12)13;1-8(2)4-3-5-9(6-10)7-14-15(11,12)13;1-8(2)5-4-6-9(3)7-13-14(10,11)12/h7-10H,4-6H2,1-3H3,(H,11,12,13);8-10H,3-7H2,1-2H3,(H,11,12,13);8-9H,4-7H2,1-3H3,(H,10,11,12). The molecule has 4 unspecified atom stereocenters. The van der Waals surface area contributed by atoms with Crippen molar-refractivity contribution in [3.05, 3.63) is 0 Å². The normalized spacial score (nSPS) is 15.3. The molecule has 0 aliphatic carbocycles. The molecule has 0 amide bonds. The van der Waals surface area contributed by atoms with E-state index in [2.05, 4.69) is 40.2 Å². The molecule has 44 heavy (non-hydrogen) atoms. The summed E-state index contributed by atoms with van der Waals surface area (Å²) < 4.78 is 99.3. The highest BCUT2D eigenvalue weighted by Gasteiger charge is 2.18. The summed E-state index contributed by atoms with van der Waals surface area (Å²) >= 11 is 0. The Morgan fingerprint density at radius 1 is 0.523 bits per heavy atom. The zero-order chi connectivity index (χ0) is 35.1. The molecule has 0 saturated carbocycles. The van der Waals surface area contributed by atoms with E-state index in [-0.39, 0.29) is 44.2 Å². The lowest BCUT2D eigenvalue weighted by atomic mass is 9.97. The van der Waals surface area contributed by atoms with Gasteiger partial charge in [-0.15, -0.1) is 0 Å². The molecule has 0 bridgehead atoms. The first kappa shape index (κ1) is 47.9. The van der Waals surface area contributed by atoms with E-state index in [0.717, 1.165) is 38.5 Å². The van der Waals surface area contributed by atoms with Gasteiger partial charge in [0.25, 0.3) is 0 Å². The fourth-order valence-corrected chi connectivity index (χ4v) is 4.63. The molecule has 0 aromatic rings. The van der Waals surface area contributed by atoms with Crippen LogP contribution >= 0.6 is 0 Å². The zero-order valence-electron chi connectivity index (χ0n) is 27.7. The number of aliphatic hydroxyl groups is 2. The average molecular weight is 705 g/mol. The monoisotopic (exact) mass is 704 g/mol. The highest BCUT2D eigenvalue weighted by Crippen LogP contribution is 2.15. The van der Waals surface area contributed by atoms with Gasteiger partial charge in [-0.05, 0) is 49.4 Å². The van der Waals surface area contributed by atoms with Crippen molar-refractivity contribution in [1.29, 1.82) is 0 Å². The van der Waals surface area contributed by atoms with Gasteiger partial charge in [0.15, 0.2) is 0 Å². The van der Waals surface area contributed by atoms with Crippen molar-refractivity contribution in [2.75, 3.05) is 26.4 Å². The second kappa shape index (κ2) is 25.6. The summed E-state index contributed by atoms with van der Waals surface area (Å²) in [5.41, 5.74) is 0. The van der Waals surface area contributed by atoms with Crippen LogP contribution in [0.25, 0.3) is 0 Å². The Hall–Kier alpha value is -0.470. The lowest BCUT2D eigenvalue weighted by molar-refractivity contribution is 0.0714. The second-order valence-electron chi connectivity index (χ2n) is 12.5. The molecule has 0 fully saturated rings. The summed E-state index contributed by atoms with van der Waals surface area (Å²) in [6, 6.07) is 0. The fraction of sp³-hybridized carbons (Fsp3) is 1.00. The van der Waals surface area contributed by atoms with Crippen LogP contribution in [-0.4, -0.2) is 81.7 Å². The van der Waals surface area contributed by atoms with Crippen molar-refractivity contribution >= 4 is 31.2 Å². The third-order valence-electron chi connectivity index (χ3n) is 6.26. The summed E-state index contributed by atoms with van der Waals surface area (Å²) in [4.78, 5) is 0. The van der Waals surface area contributed by atoms with E-state index in [1.54, 1.807) is 6.92 Å². The van der Waals surface area contributed by atoms with Crippen LogP contribution in [0.15, 0.2) is 0 Å². The lowest BCUT2D eigenvalue weighted by Gasteiger charge is -2.18.